The lowest BCUT2D eigenvalue weighted by molar-refractivity contribution is 0.184. The number of nitrogens with zero attached hydrogens (tertiary/aromatic N) is 2. The Morgan fingerprint density at radius 1 is 0.696 bits per heavy atom. The van der Waals surface area contributed by atoms with Crippen molar-refractivity contribution in [2.24, 2.45) is 0 Å². The fourth-order valence-corrected chi connectivity index (χ4v) is 6.99. The fraction of sp³-hybridized carbons (Fsp3) is 0.500. The van der Waals surface area contributed by atoms with Crippen molar-refractivity contribution in [2.75, 3.05) is 7.11 Å². The molecule has 46 heavy (non-hydrogen) atoms. The first kappa shape index (κ1) is 34.0. The number of fused-ring (bicyclic) bond motifs is 4. The number of unbranched alkanes of at least 4 members (excludes halogenated alkanes) is 4. The smallest absolute Gasteiger partial charge is 0.138 e. The normalized spacial score (nSPS) is 24.1. The summed E-state index contributed by atoms with van der Waals surface area (Å²) in [6.45, 7) is 5.70. The molecule has 2 aromatic heterocycles. The highest BCUT2D eigenvalue weighted by Gasteiger charge is 2.35. The van der Waals surface area contributed by atoms with Gasteiger partial charge in [0.25, 0.3) is 0 Å². The number of hydrogen-bond acceptors (Lipinski definition) is 6. The van der Waals surface area contributed by atoms with Gasteiger partial charge in [0.2, 0.25) is 0 Å². The van der Waals surface area contributed by atoms with Crippen molar-refractivity contribution in [3.8, 4) is 5.75 Å². The van der Waals surface area contributed by atoms with Gasteiger partial charge in [0, 0.05) is 49.9 Å². The summed E-state index contributed by atoms with van der Waals surface area (Å²) in [5, 5.41) is 7.26. The van der Waals surface area contributed by atoms with E-state index >= 15 is 0 Å². The van der Waals surface area contributed by atoms with Gasteiger partial charge < -0.3 is 20.1 Å². The minimum Gasteiger partial charge on any atom is -0.487 e. The predicted molar refractivity (Wildman–Crippen MR) is 189 cm³/mol. The molecule has 0 aliphatic carbocycles. The number of hydrogen-bond donors (Lipinski definition) is 2. The zero-order valence-electron chi connectivity index (χ0n) is 28.2. The third-order valence-corrected chi connectivity index (χ3v) is 9.36. The first-order valence-electron chi connectivity index (χ1n) is 17.6. The van der Waals surface area contributed by atoms with E-state index in [4.69, 9.17) is 9.47 Å². The maximum Gasteiger partial charge on any atom is 0.138 e. The minimum absolute atomic E-state index is 0.578. The number of rotatable bonds is 11. The van der Waals surface area contributed by atoms with Crippen LogP contribution in [0, 0.1) is 0 Å². The Kier molecular flexibility index (Phi) is 13.4. The van der Waals surface area contributed by atoms with Gasteiger partial charge in [-0.1, -0.05) is 99.6 Å². The lowest BCUT2D eigenvalue weighted by Crippen LogP contribution is -2.18. The average molecular weight is 623 g/mol. The summed E-state index contributed by atoms with van der Waals surface area (Å²) in [5.74, 6) is 0.828. The molecule has 6 heterocycles. The maximum absolute atomic E-state index is 5.85. The quantitative estimate of drug-likeness (QED) is 0.209. The van der Waals surface area contributed by atoms with Crippen molar-refractivity contribution in [1.29, 1.82) is 0 Å². The predicted octanol–water partition coefficient (Wildman–Crippen LogP) is 8.68. The van der Waals surface area contributed by atoms with E-state index in [2.05, 4.69) is 70.9 Å². The zero-order chi connectivity index (χ0) is 32.0. The summed E-state index contributed by atoms with van der Waals surface area (Å²) in [7, 11) is 1.71. The van der Waals surface area contributed by atoms with Crippen molar-refractivity contribution < 1.29 is 9.47 Å². The standard InChI is InChI=1S/C19H20N2O.C14H18N2O.C7H16/c1-2-4-14(5-3-1)13-22-18-9-15(11-20-12-18)8-16-10-17-6-7-19(16)21-17;1-17-9-11-4-10(7-15-8-11)5-12-6-13-2-3-14(12)16-13;1-3-5-7-6-4-2/h1-5,8-9,11-12,17,19,21H,6-7,10,13H2;4-5,7-8,13-14,16H,2-3,6,9H2,1H3;3-7H2,1-2H3. The lowest BCUT2D eigenvalue weighted by Gasteiger charge is -2.11. The summed E-state index contributed by atoms with van der Waals surface area (Å²) in [6, 6.07) is 17.1. The van der Waals surface area contributed by atoms with Gasteiger partial charge >= 0.3 is 0 Å². The second-order valence-electron chi connectivity index (χ2n) is 13.2. The van der Waals surface area contributed by atoms with Crippen LogP contribution in [0.15, 0.2) is 78.4 Å². The highest BCUT2D eigenvalue weighted by Crippen LogP contribution is 2.35. The van der Waals surface area contributed by atoms with Crippen LogP contribution in [0.3, 0.4) is 0 Å². The molecule has 246 valence electrons. The van der Waals surface area contributed by atoms with Crippen molar-refractivity contribution >= 4 is 12.2 Å². The van der Waals surface area contributed by atoms with Crippen molar-refractivity contribution in [3.63, 3.8) is 0 Å². The molecule has 6 nitrogen and oxygen atoms in total. The van der Waals surface area contributed by atoms with Crippen LogP contribution < -0.4 is 15.4 Å². The first-order chi connectivity index (χ1) is 22.6. The second-order valence-corrected chi connectivity index (χ2v) is 13.2. The number of methoxy groups -OCH3 is 1. The van der Waals surface area contributed by atoms with Crippen LogP contribution in [0.2, 0.25) is 0 Å². The van der Waals surface area contributed by atoms with E-state index in [1.165, 1.54) is 92.9 Å². The number of pyridine rings is 2. The molecule has 4 fully saturated rings. The van der Waals surface area contributed by atoms with E-state index in [1.807, 2.05) is 36.8 Å². The molecule has 4 aliphatic rings. The summed E-state index contributed by atoms with van der Waals surface area (Å²) in [4.78, 5) is 8.57. The van der Waals surface area contributed by atoms with Gasteiger partial charge in [-0.2, -0.15) is 0 Å². The molecule has 4 aliphatic heterocycles. The molecule has 0 amide bonds. The molecule has 3 aromatic rings. The molecule has 4 unspecified atom stereocenters. The van der Waals surface area contributed by atoms with Gasteiger partial charge in [-0.3, -0.25) is 9.97 Å². The molecule has 4 atom stereocenters. The van der Waals surface area contributed by atoms with Crippen molar-refractivity contribution in [2.45, 2.75) is 122 Å². The van der Waals surface area contributed by atoms with Crippen LogP contribution in [-0.2, 0) is 18.0 Å². The SMILES string of the molecule is C(=C1CC2CCC1N2)c1cncc(OCc2ccccc2)c1.CCCCCCC.COCc1cncc(C=C2CC3CCC2N3)c1. The molecule has 7 rings (SSSR count). The van der Waals surface area contributed by atoms with Crippen molar-refractivity contribution in [3.05, 3.63) is 101 Å². The van der Waals surface area contributed by atoms with E-state index < -0.39 is 0 Å². The molecule has 0 saturated carbocycles. The third-order valence-electron chi connectivity index (χ3n) is 9.36. The van der Waals surface area contributed by atoms with Gasteiger partial charge in [0.1, 0.15) is 12.4 Å². The first-order valence-corrected chi connectivity index (χ1v) is 17.6. The topological polar surface area (TPSA) is 68.3 Å². The van der Waals surface area contributed by atoms with Crippen molar-refractivity contribution in [1.82, 2.24) is 20.6 Å². The maximum atomic E-state index is 5.85. The Labute approximate surface area is 277 Å². The van der Waals surface area contributed by atoms with E-state index in [0.717, 1.165) is 22.9 Å². The second kappa shape index (κ2) is 18.1. The molecular formula is C40H54N4O2. The molecule has 1 aromatic carbocycles. The summed E-state index contributed by atoms with van der Waals surface area (Å²) >= 11 is 0. The largest absolute Gasteiger partial charge is 0.487 e. The number of aromatic nitrogens is 2. The van der Waals surface area contributed by atoms with Crippen LogP contribution in [-0.4, -0.2) is 41.2 Å². The van der Waals surface area contributed by atoms with Gasteiger partial charge in [-0.05, 0) is 72.9 Å². The number of benzene rings is 1. The number of nitrogens with one attached hydrogen (secondary N) is 2. The molecular weight excluding hydrogens is 568 g/mol. The fourth-order valence-electron chi connectivity index (χ4n) is 6.99. The Morgan fingerprint density at radius 3 is 1.85 bits per heavy atom. The average Bonchev–Trinajstić information content (AvgIpc) is 3.90. The van der Waals surface area contributed by atoms with Gasteiger partial charge in [-0.25, -0.2) is 0 Å². The van der Waals surface area contributed by atoms with Gasteiger partial charge in [-0.15, -0.1) is 0 Å². The Balaban J connectivity index is 0.000000154. The molecule has 0 spiro atoms. The highest BCUT2D eigenvalue weighted by atomic mass is 16.5. The Hall–Kier alpha value is -3.32. The molecule has 4 bridgehead atoms. The summed E-state index contributed by atoms with van der Waals surface area (Å²) in [5.41, 5.74) is 7.69. The van der Waals surface area contributed by atoms with E-state index in [0.29, 0.717) is 31.3 Å². The summed E-state index contributed by atoms with van der Waals surface area (Å²) < 4.78 is 11.0. The van der Waals surface area contributed by atoms with Crippen LogP contribution in [0.5, 0.6) is 5.75 Å². The van der Waals surface area contributed by atoms with Crippen LogP contribution >= 0.6 is 0 Å². The highest BCUT2D eigenvalue weighted by molar-refractivity contribution is 5.57. The van der Waals surface area contributed by atoms with Crippen LogP contribution in [0.25, 0.3) is 12.2 Å². The lowest BCUT2D eigenvalue weighted by atomic mass is 9.93. The monoisotopic (exact) mass is 622 g/mol. The van der Waals surface area contributed by atoms with E-state index in [-0.39, 0.29) is 0 Å². The molecule has 0 radical (unpaired) electrons. The minimum atomic E-state index is 0.578. The molecule has 6 heteroatoms. The van der Waals surface area contributed by atoms with E-state index in [9.17, 15) is 0 Å². The Morgan fingerprint density at radius 2 is 1.30 bits per heavy atom. The van der Waals surface area contributed by atoms with Gasteiger partial charge in [0.05, 0.1) is 12.8 Å². The molecule has 4 saturated heterocycles. The van der Waals surface area contributed by atoms with Crippen LogP contribution in [0.4, 0.5) is 0 Å². The zero-order valence-corrected chi connectivity index (χ0v) is 28.2. The third kappa shape index (κ3) is 10.3. The number of ether oxygens (including phenoxy) is 2. The van der Waals surface area contributed by atoms with Gasteiger partial charge in [0.15, 0.2) is 0 Å². The van der Waals surface area contributed by atoms with E-state index in [1.54, 1.807) is 13.3 Å². The molecule has 2 N–H and O–H groups in total. The van der Waals surface area contributed by atoms with Crippen LogP contribution in [0.1, 0.15) is 107 Å². The Bertz CT molecular complexity index is 1400. The summed E-state index contributed by atoms with van der Waals surface area (Å²) in [6.07, 6.45) is 26.7.